The van der Waals surface area contributed by atoms with Gasteiger partial charge in [-0.05, 0) is 12.8 Å². The van der Waals surface area contributed by atoms with E-state index in [-0.39, 0.29) is 0 Å². The van der Waals surface area contributed by atoms with Crippen LogP contribution in [0.1, 0.15) is 26.7 Å². The van der Waals surface area contributed by atoms with E-state index >= 15 is 0 Å². The van der Waals surface area contributed by atoms with Crippen LogP contribution in [0.2, 0.25) is 0 Å². The van der Waals surface area contributed by atoms with Crippen LogP contribution in [0, 0.1) is 0 Å². The molecular weight excluding hydrogens is 156 g/mol. The van der Waals surface area contributed by atoms with Crippen LogP contribution in [-0.2, 0) is 9.59 Å². The van der Waals surface area contributed by atoms with Gasteiger partial charge in [-0.15, -0.1) is 0 Å². The van der Waals surface area contributed by atoms with E-state index in [2.05, 4.69) is 0 Å². The fraction of sp³-hybridized carbons (Fsp3) is 0.500. The highest BCUT2D eigenvalue weighted by atomic mass is 16.2. The number of nitrogens with two attached hydrogens (primary N) is 2. The predicted molar refractivity (Wildman–Crippen MR) is 46.0 cm³/mol. The molecule has 0 aromatic rings. The molecule has 0 fully saturated rings. The molecule has 0 radical (unpaired) electrons. The number of hydrogen-bond acceptors (Lipinski definition) is 2. The van der Waals surface area contributed by atoms with Crippen molar-refractivity contribution in [1.29, 1.82) is 0 Å². The van der Waals surface area contributed by atoms with Gasteiger partial charge in [0.05, 0.1) is 0 Å². The van der Waals surface area contributed by atoms with Crippen molar-refractivity contribution in [2.45, 2.75) is 26.7 Å². The molecule has 68 valence electrons. The molecule has 0 atom stereocenters. The van der Waals surface area contributed by atoms with Gasteiger partial charge < -0.3 is 11.5 Å². The van der Waals surface area contributed by atoms with Crippen molar-refractivity contribution in [3.8, 4) is 0 Å². The van der Waals surface area contributed by atoms with E-state index in [4.69, 9.17) is 11.5 Å². The van der Waals surface area contributed by atoms with Gasteiger partial charge in [0.1, 0.15) is 0 Å². The van der Waals surface area contributed by atoms with Crippen molar-refractivity contribution in [2.24, 2.45) is 11.5 Å². The van der Waals surface area contributed by atoms with Crippen LogP contribution in [0.4, 0.5) is 0 Å². The number of carbonyl (C=O) groups is 2. The molecule has 0 aliphatic heterocycles. The summed E-state index contributed by atoms with van der Waals surface area (Å²) in [5.74, 6) is -1.12. The molecule has 0 saturated heterocycles. The summed E-state index contributed by atoms with van der Waals surface area (Å²) in [7, 11) is 0. The fourth-order valence-corrected chi connectivity index (χ4v) is 1.07. The summed E-state index contributed by atoms with van der Waals surface area (Å²) in [6, 6.07) is 0. The third-order valence-electron chi connectivity index (χ3n) is 1.67. The SMILES string of the molecule is CC/C(C(N)=O)=C(\CC)C(N)=O. The monoisotopic (exact) mass is 170 g/mol. The molecule has 0 rings (SSSR count). The zero-order valence-electron chi connectivity index (χ0n) is 7.39. The van der Waals surface area contributed by atoms with Gasteiger partial charge in [0, 0.05) is 11.1 Å². The maximum Gasteiger partial charge on any atom is 0.245 e. The minimum Gasteiger partial charge on any atom is -0.366 e. The minimum absolute atomic E-state index is 0.338. The Morgan fingerprint density at radius 3 is 1.25 bits per heavy atom. The Bertz CT molecular complexity index is 207. The minimum atomic E-state index is -0.562. The average Bonchev–Trinajstić information content (AvgIpc) is 1.98. The standard InChI is InChI=1S/C8H14N2O2/c1-3-5(7(9)11)6(4-2)8(10)12/h3-4H2,1-2H3,(H2,9,11)(H2,10,12)/b6-5-. The molecule has 4 N–H and O–H groups in total. The first-order valence-electron chi connectivity index (χ1n) is 3.86. The lowest BCUT2D eigenvalue weighted by Crippen LogP contribution is -2.22. The molecule has 0 aromatic carbocycles. The van der Waals surface area contributed by atoms with Crippen LogP contribution in [0.25, 0.3) is 0 Å². The van der Waals surface area contributed by atoms with Gasteiger partial charge in [0.15, 0.2) is 0 Å². The molecule has 12 heavy (non-hydrogen) atoms. The zero-order valence-corrected chi connectivity index (χ0v) is 7.39. The van der Waals surface area contributed by atoms with E-state index in [1.54, 1.807) is 13.8 Å². The quantitative estimate of drug-likeness (QED) is 0.585. The first-order valence-corrected chi connectivity index (χ1v) is 3.86. The summed E-state index contributed by atoms with van der Waals surface area (Å²) in [6.45, 7) is 3.53. The normalized spacial score (nSPS) is 12.2. The fourth-order valence-electron chi connectivity index (χ4n) is 1.07. The van der Waals surface area contributed by atoms with Crippen LogP contribution >= 0.6 is 0 Å². The second-order valence-electron chi connectivity index (χ2n) is 2.39. The maximum atomic E-state index is 10.8. The first kappa shape index (κ1) is 10.7. The molecule has 2 amide bonds. The van der Waals surface area contributed by atoms with Crippen LogP contribution in [0.3, 0.4) is 0 Å². The molecule has 0 aliphatic carbocycles. The van der Waals surface area contributed by atoms with Crippen molar-refractivity contribution >= 4 is 11.8 Å². The van der Waals surface area contributed by atoms with Crippen molar-refractivity contribution in [1.82, 2.24) is 0 Å². The maximum absolute atomic E-state index is 10.8. The molecule has 0 aromatic heterocycles. The van der Waals surface area contributed by atoms with Gasteiger partial charge in [-0.1, -0.05) is 13.8 Å². The molecule has 0 heterocycles. The highest BCUT2D eigenvalue weighted by Gasteiger charge is 2.12. The van der Waals surface area contributed by atoms with E-state index in [1.165, 1.54) is 0 Å². The number of rotatable bonds is 4. The lowest BCUT2D eigenvalue weighted by molar-refractivity contribution is -0.117. The molecule has 0 spiro atoms. The van der Waals surface area contributed by atoms with Gasteiger partial charge in [-0.2, -0.15) is 0 Å². The third kappa shape index (κ3) is 2.38. The van der Waals surface area contributed by atoms with Gasteiger partial charge >= 0.3 is 0 Å². The Kier molecular flexibility index (Phi) is 4.04. The third-order valence-corrected chi connectivity index (χ3v) is 1.67. The second-order valence-corrected chi connectivity index (χ2v) is 2.39. The van der Waals surface area contributed by atoms with Gasteiger partial charge in [0.2, 0.25) is 11.8 Å². The topological polar surface area (TPSA) is 86.2 Å². The average molecular weight is 170 g/mol. The largest absolute Gasteiger partial charge is 0.366 e. The predicted octanol–water partition coefficient (Wildman–Crippen LogP) is 0.0736. The van der Waals surface area contributed by atoms with Crippen LogP contribution in [0.5, 0.6) is 0 Å². The highest BCUT2D eigenvalue weighted by Crippen LogP contribution is 2.11. The van der Waals surface area contributed by atoms with Crippen LogP contribution < -0.4 is 11.5 Å². The van der Waals surface area contributed by atoms with Crippen LogP contribution in [0.15, 0.2) is 11.1 Å². The van der Waals surface area contributed by atoms with Crippen molar-refractivity contribution in [3.63, 3.8) is 0 Å². The van der Waals surface area contributed by atoms with Crippen LogP contribution in [-0.4, -0.2) is 11.8 Å². The summed E-state index contributed by atoms with van der Waals surface area (Å²) >= 11 is 0. The van der Waals surface area contributed by atoms with Gasteiger partial charge in [-0.25, -0.2) is 0 Å². The first-order chi connectivity index (χ1) is 5.54. The molecule has 4 heteroatoms. The van der Waals surface area contributed by atoms with Crippen molar-refractivity contribution in [2.75, 3.05) is 0 Å². The molecule has 4 nitrogen and oxygen atoms in total. The number of hydrogen-bond donors (Lipinski definition) is 2. The van der Waals surface area contributed by atoms with Crippen molar-refractivity contribution < 1.29 is 9.59 Å². The number of primary amides is 2. The van der Waals surface area contributed by atoms with E-state index in [0.29, 0.717) is 24.0 Å². The molecular formula is C8H14N2O2. The molecule has 0 saturated carbocycles. The Morgan fingerprint density at radius 1 is 0.917 bits per heavy atom. The van der Waals surface area contributed by atoms with Gasteiger partial charge in [-0.3, -0.25) is 9.59 Å². The summed E-state index contributed by atoms with van der Waals surface area (Å²) in [4.78, 5) is 21.6. The summed E-state index contributed by atoms with van der Waals surface area (Å²) in [5, 5.41) is 0. The number of amides is 2. The van der Waals surface area contributed by atoms with E-state index in [0.717, 1.165) is 0 Å². The van der Waals surface area contributed by atoms with E-state index in [1.807, 2.05) is 0 Å². The van der Waals surface area contributed by atoms with E-state index < -0.39 is 11.8 Å². The van der Waals surface area contributed by atoms with Crippen molar-refractivity contribution in [3.05, 3.63) is 11.1 Å². The lowest BCUT2D eigenvalue weighted by atomic mass is 10.0. The molecule has 0 bridgehead atoms. The lowest BCUT2D eigenvalue weighted by Gasteiger charge is -2.05. The Morgan fingerprint density at radius 2 is 1.17 bits per heavy atom. The summed E-state index contributed by atoms with van der Waals surface area (Å²) < 4.78 is 0. The van der Waals surface area contributed by atoms with Gasteiger partial charge in [0.25, 0.3) is 0 Å². The highest BCUT2D eigenvalue weighted by molar-refractivity contribution is 6.03. The summed E-state index contributed by atoms with van der Waals surface area (Å²) in [5.41, 5.74) is 10.8. The molecule has 0 unspecified atom stereocenters. The Hall–Kier alpha value is -1.32. The Labute approximate surface area is 71.6 Å². The van der Waals surface area contributed by atoms with E-state index in [9.17, 15) is 9.59 Å². The Balaban J connectivity index is 5.01. The smallest absolute Gasteiger partial charge is 0.245 e. The summed E-state index contributed by atoms with van der Waals surface area (Å²) in [6.07, 6.45) is 0.892. The zero-order chi connectivity index (χ0) is 9.72. The molecule has 0 aliphatic rings. The second kappa shape index (κ2) is 4.54. The number of carbonyl (C=O) groups excluding carboxylic acids is 2.